The van der Waals surface area contributed by atoms with Crippen LogP contribution in [0.3, 0.4) is 0 Å². The van der Waals surface area contributed by atoms with Gasteiger partial charge in [0.25, 0.3) is 5.91 Å². The Kier molecular flexibility index (Phi) is 9.96. The number of alkyl halides is 6. The highest BCUT2D eigenvalue weighted by atomic mass is 19.4. The summed E-state index contributed by atoms with van der Waals surface area (Å²) in [5.41, 5.74) is 0.496. The predicted molar refractivity (Wildman–Crippen MR) is 115 cm³/mol. The van der Waals surface area contributed by atoms with E-state index >= 15 is 0 Å². The number of carbonyl (C=O) groups is 2. The van der Waals surface area contributed by atoms with E-state index in [4.69, 9.17) is 4.74 Å². The molecule has 0 aliphatic heterocycles. The van der Waals surface area contributed by atoms with Crippen LogP contribution < -0.4 is 20.1 Å². The summed E-state index contributed by atoms with van der Waals surface area (Å²) in [5, 5.41) is 14.4. The van der Waals surface area contributed by atoms with Gasteiger partial charge in [-0.15, -0.1) is 13.2 Å². The highest BCUT2D eigenvalue weighted by Crippen LogP contribution is 2.23. The standard InChI is InChI=1S/C23H24F6N2O5/c1-14(32)13-30-21(34)19(12-15-2-6-18(7-3-15)36-23(27,28)29)31-20(33)16-4-8-17(9-5-16)35-11-10-22(24,25)26/h2-9,14,19,32H,10-13H2,1H3,(H,30,34)(H,31,33)/t14-,19?/m1/s1. The molecule has 13 heteroatoms. The molecule has 3 N–H and O–H groups in total. The summed E-state index contributed by atoms with van der Waals surface area (Å²) < 4.78 is 82.5. The predicted octanol–water partition coefficient (Wildman–Crippen LogP) is 3.75. The summed E-state index contributed by atoms with van der Waals surface area (Å²) in [7, 11) is 0. The number of nitrogens with one attached hydrogen (secondary N) is 2. The fraction of sp³-hybridized carbons (Fsp3) is 0.391. The molecule has 2 amide bonds. The molecule has 0 bridgehead atoms. The van der Waals surface area contributed by atoms with E-state index in [0.29, 0.717) is 5.56 Å². The molecule has 2 atom stereocenters. The maximum absolute atomic E-state index is 12.7. The molecule has 0 fully saturated rings. The van der Waals surface area contributed by atoms with E-state index in [-0.39, 0.29) is 24.3 Å². The van der Waals surface area contributed by atoms with E-state index < -0.39 is 55.3 Å². The van der Waals surface area contributed by atoms with Crippen LogP contribution in [0.2, 0.25) is 0 Å². The first-order valence-electron chi connectivity index (χ1n) is 10.6. The van der Waals surface area contributed by atoms with Gasteiger partial charge in [0, 0.05) is 18.5 Å². The molecule has 0 aromatic heterocycles. The van der Waals surface area contributed by atoms with Crippen molar-refractivity contribution in [1.29, 1.82) is 0 Å². The van der Waals surface area contributed by atoms with Crippen LogP contribution in [-0.4, -0.2) is 54.8 Å². The van der Waals surface area contributed by atoms with Crippen LogP contribution in [0.5, 0.6) is 11.5 Å². The Morgan fingerprint density at radius 1 is 0.944 bits per heavy atom. The van der Waals surface area contributed by atoms with Crippen LogP contribution in [0, 0.1) is 0 Å². The zero-order valence-electron chi connectivity index (χ0n) is 18.9. The molecule has 0 heterocycles. The van der Waals surface area contributed by atoms with Crippen molar-refractivity contribution in [1.82, 2.24) is 10.6 Å². The summed E-state index contributed by atoms with van der Waals surface area (Å²) in [4.78, 5) is 25.3. The fourth-order valence-electron chi connectivity index (χ4n) is 2.87. The van der Waals surface area contributed by atoms with Crippen LogP contribution in [0.25, 0.3) is 0 Å². The van der Waals surface area contributed by atoms with Gasteiger partial charge in [0.1, 0.15) is 17.5 Å². The van der Waals surface area contributed by atoms with Crippen molar-refractivity contribution in [3.8, 4) is 11.5 Å². The lowest BCUT2D eigenvalue weighted by Crippen LogP contribution is -2.49. The number of amides is 2. The first-order valence-corrected chi connectivity index (χ1v) is 10.6. The van der Waals surface area contributed by atoms with Crippen molar-refractivity contribution < 1.29 is 50.5 Å². The molecule has 0 aliphatic carbocycles. The Labute approximate surface area is 202 Å². The molecule has 7 nitrogen and oxygen atoms in total. The van der Waals surface area contributed by atoms with Gasteiger partial charge in [0.05, 0.1) is 19.1 Å². The number of rotatable bonds is 11. The molecule has 2 aromatic rings. The molecule has 0 radical (unpaired) electrons. The summed E-state index contributed by atoms with van der Waals surface area (Å²) in [6.45, 7) is 0.743. The Morgan fingerprint density at radius 3 is 2.06 bits per heavy atom. The number of hydrogen-bond acceptors (Lipinski definition) is 5. The van der Waals surface area contributed by atoms with Gasteiger partial charge in [0.15, 0.2) is 0 Å². The molecular formula is C23H24F6N2O5. The van der Waals surface area contributed by atoms with Gasteiger partial charge in [-0.2, -0.15) is 13.2 Å². The fourth-order valence-corrected chi connectivity index (χ4v) is 2.87. The third-order valence-electron chi connectivity index (χ3n) is 4.56. The van der Waals surface area contributed by atoms with Crippen LogP contribution in [0.4, 0.5) is 26.3 Å². The summed E-state index contributed by atoms with van der Waals surface area (Å²) in [5.74, 6) is -1.68. The van der Waals surface area contributed by atoms with E-state index in [0.717, 1.165) is 12.1 Å². The minimum atomic E-state index is -4.86. The Morgan fingerprint density at radius 2 is 1.53 bits per heavy atom. The van der Waals surface area contributed by atoms with Crippen molar-refractivity contribution in [2.45, 2.75) is 44.4 Å². The smallest absolute Gasteiger partial charge is 0.493 e. The summed E-state index contributed by atoms with van der Waals surface area (Å²) >= 11 is 0. The number of aliphatic hydroxyl groups is 1. The van der Waals surface area contributed by atoms with Gasteiger partial charge in [-0.1, -0.05) is 12.1 Å². The Hall–Kier alpha value is -3.48. The quantitative estimate of drug-likeness (QED) is 0.391. The first kappa shape index (κ1) is 28.8. The lowest BCUT2D eigenvalue weighted by atomic mass is 10.0. The van der Waals surface area contributed by atoms with E-state index in [9.17, 15) is 41.0 Å². The average Bonchev–Trinajstić information content (AvgIpc) is 2.76. The number of hydrogen-bond donors (Lipinski definition) is 3. The molecule has 2 aromatic carbocycles. The van der Waals surface area contributed by atoms with Crippen LogP contribution in [0.15, 0.2) is 48.5 Å². The van der Waals surface area contributed by atoms with Gasteiger partial charge in [-0.25, -0.2) is 0 Å². The monoisotopic (exact) mass is 522 g/mol. The average molecular weight is 522 g/mol. The largest absolute Gasteiger partial charge is 0.573 e. The molecule has 0 spiro atoms. The first-order chi connectivity index (χ1) is 16.7. The van der Waals surface area contributed by atoms with Crippen LogP contribution in [-0.2, 0) is 11.2 Å². The van der Waals surface area contributed by atoms with Crippen LogP contribution >= 0.6 is 0 Å². The van der Waals surface area contributed by atoms with Crippen molar-refractivity contribution in [2.24, 2.45) is 0 Å². The molecule has 0 saturated carbocycles. The SMILES string of the molecule is C[C@@H](O)CNC(=O)C(Cc1ccc(OC(F)(F)F)cc1)NC(=O)c1ccc(OCCC(F)(F)F)cc1. The number of halogens is 6. The summed E-state index contributed by atoms with van der Waals surface area (Å²) in [6, 6.07) is 8.76. The zero-order valence-corrected chi connectivity index (χ0v) is 18.9. The number of benzene rings is 2. The van der Waals surface area contributed by atoms with Crippen molar-refractivity contribution in [3.05, 3.63) is 59.7 Å². The minimum Gasteiger partial charge on any atom is -0.493 e. The normalized spacial score (nSPS) is 13.4. The maximum atomic E-state index is 12.7. The van der Waals surface area contributed by atoms with Gasteiger partial charge < -0.3 is 25.2 Å². The Bertz CT molecular complexity index is 992. The van der Waals surface area contributed by atoms with E-state index in [2.05, 4.69) is 15.4 Å². The van der Waals surface area contributed by atoms with E-state index in [1.807, 2.05) is 0 Å². The molecule has 198 valence electrons. The minimum absolute atomic E-state index is 0.0837. The molecule has 0 saturated heterocycles. The topological polar surface area (TPSA) is 96.9 Å². The lowest BCUT2D eigenvalue weighted by Gasteiger charge is -2.20. The van der Waals surface area contributed by atoms with Gasteiger partial charge in [-0.3, -0.25) is 9.59 Å². The second kappa shape index (κ2) is 12.5. The van der Waals surface area contributed by atoms with Crippen molar-refractivity contribution >= 4 is 11.8 Å². The molecular weight excluding hydrogens is 498 g/mol. The third kappa shape index (κ3) is 10.8. The summed E-state index contributed by atoms with van der Waals surface area (Å²) in [6.07, 6.45) is -11.3. The lowest BCUT2D eigenvalue weighted by molar-refractivity contribution is -0.274. The van der Waals surface area contributed by atoms with Gasteiger partial charge >= 0.3 is 12.5 Å². The highest BCUT2D eigenvalue weighted by molar-refractivity contribution is 5.97. The molecule has 36 heavy (non-hydrogen) atoms. The molecule has 0 aliphatic rings. The second-order valence-corrected chi connectivity index (χ2v) is 7.75. The second-order valence-electron chi connectivity index (χ2n) is 7.75. The van der Waals surface area contributed by atoms with E-state index in [1.54, 1.807) is 0 Å². The van der Waals surface area contributed by atoms with E-state index in [1.165, 1.54) is 43.3 Å². The van der Waals surface area contributed by atoms with Crippen molar-refractivity contribution in [3.63, 3.8) is 0 Å². The van der Waals surface area contributed by atoms with Gasteiger partial charge in [0.2, 0.25) is 5.91 Å². The maximum Gasteiger partial charge on any atom is 0.573 e. The Balaban J connectivity index is 2.07. The highest BCUT2D eigenvalue weighted by Gasteiger charge is 2.31. The van der Waals surface area contributed by atoms with Crippen LogP contribution in [0.1, 0.15) is 29.3 Å². The van der Waals surface area contributed by atoms with Gasteiger partial charge in [-0.05, 0) is 48.9 Å². The molecule has 1 unspecified atom stereocenters. The number of ether oxygens (including phenoxy) is 2. The number of carbonyl (C=O) groups excluding carboxylic acids is 2. The zero-order chi connectivity index (χ0) is 26.9. The third-order valence-corrected chi connectivity index (χ3v) is 4.56. The molecule has 2 rings (SSSR count). The number of aliphatic hydroxyl groups excluding tert-OH is 1. The van der Waals surface area contributed by atoms with Crippen molar-refractivity contribution in [2.75, 3.05) is 13.2 Å².